The monoisotopic (exact) mass is 276 g/mol. The van der Waals surface area contributed by atoms with Gasteiger partial charge in [-0.1, -0.05) is 12.8 Å². The summed E-state index contributed by atoms with van der Waals surface area (Å²) >= 11 is 0. The van der Waals surface area contributed by atoms with Crippen molar-refractivity contribution in [1.82, 2.24) is 19.8 Å². The van der Waals surface area contributed by atoms with Crippen molar-refractivity contribution >= 4 is 0 Å². The predicted molar refractivity (Wildman–Crippen MR) is 81.8 cm³/mol. The van der Waals surface area contributed by atoms with E-state index in [1.165, 1.54) is 32.2 Å². The third kappa shape index (κ3) is 2.63. The maximum Gasteiger partial charge on any atom is 0.105 e. The maximum atomic E-state index is 4.32. The van der Waals surface area contributed by atoms with Crippen molar-refractivity contribution in [3.63, 3.8) is 0 Å². The number of nitrogens with one attached hydrogen (secondary N) is 1. The number of piperazine rings is 1. The Morgan fingerprint density at radius 3 is 2.65 bits per heavy atom. The van der Waals surface area contributed by atoms with Crippen LogP contribution in [0.5, 0.6) is 0 Å². The lowest BCUT2D eigenvalue weighted by atomic mass is 9.87. The van der Waals surface area contributed by atoms with E-state index in [2.05, 4.69) is 46.7 Å². The van der Waals surface area contributed by atoms with Crippen LogP contribution in [0, 0.1) is 6.92 Å². The number of rotatable bonds is 3. The average molecular weight is 276 g/mol. The second-order valence-corrected chi connectivity index (χ2v) is 7.24. The summed E-state index contributed by atoms with van der Waals surface area (Å²) in [4.78, 5) is 7.01. The molecular weight excluding hydrogens is 248 g/mol. The lowest BCUT2D eigenvalue weighted by Gasteiger charge is -2.51. The first-order chi connectivity index (χ1) is 9.51. The van der Waals surface area contributed by atoms with E-state index < -0.39 is 0 Å². The molecule has 0 unspecified atom stereocenters. The summed E-state index contributed by atoms with van der Waals surface area (Å²) in [6, 6.07) is 0. The molecule has 2 fully saturated rings. The molecule has 4 nitrogen and oxygen atoms in total. The molecule has 1 aromatic heterocycles. The highest BCUT2D eigenvalue weighted by atomic mass is 15.3. The minimum atomic E-state index is 0.252. The van der Waals surface area contributed by atoms with Crippen molar-refractivity contribution in [2.24, 2.45) is 0 Å². The van der Waals surface area contributed by atoms with E-state index in [9.17, 15) is 0 Å². The molecule has 0 atom stereocenters. The molecule has 1 saturated carbocycles. The van der Waals surface area contributed by atoms with Crippen molar-refractivity contribution in [1.29, 1.82) is 0 Å². The Morgan fingerprint density at radius 2 is 2.00 bits per heavy atom. The fraction of sp³-hybridized carbons (Fsp3) is 0.812. The Hall–Kier alpha value is -0.870. The quantitative estimate of drug-likeness (QED) is 0.918. The third-order valence-electron chi connectivity index (χ3n) is 5.34. The molecule has 20 heavy (non-hydrogen) atoms. The summed E-state index contributed by atoms with van der Waals surface area (Å²) in [6.07, 6.45) is 9.48. The van der Waals surface area contributed by atoms with Crippen LogP contribution < -0.4 is 5.32 Å². The molecule has 0 amide bonds. The number of aryl methyl sites for hydroxylation is 1. The van der Waals surface area contributed by atoms with Gasteiger partial charge in [0.25, 0.3) is 0 Å². The fourth-order valence-electron chi connectivity index (χ4n) is 3.79. The summed E-state index contributed by atoms with van der Waals surface area (Å²) in [6.45, 7) is 11.3. The van der Waals surface area contributed by atoms with E-state index in [4.69, 9.17) is 0 Å². The summed E-state index contributed by atoms with van der Waals surface area (Å²) in [5.41, 5.74) is 0.655. The molecule has 0 radical (unpaired) electrons. The zero-order chi connectivity index (χ0) is 14.2. The first-order valence-corrected chi connectivity index (χ1v) is 7.99. The van der Waals surface area contributed by atoms with E-state index >= 15 is 0 Å². The number of imidazole rings is 1. The SMILES string of the molecule is Cc1nccn1CCN1CC2(CCCC2)NCC1(C)C. The molecule has 3 rings (SSSR count). The van der Waals surface area contributed by atoms with E-state index in [1.54, 1.807) is 0 Å². The normalized spacial score (nSPS) is 25.4. The highest BCUT2D eigenvalue weighted by Gasteiger charge is 2.43. The maximum absolute atomic E-state index is 4.32. The molecule has 0 aromatic carbocycles. The van der Waals surface area contributed by atoms with Crippen LogP contribution in [0.15, 0.2) is 12.4 Å². The largest absolute Gasteiger partial charge is 0.334 e. The van der Waals surface area contributed by atoms with Crippen LogP contribution in [0.1, 0.15) is 45.4 Å². The second kappa shape index (κ2) is 5.15. The van der Waals surface area contributed by atoms with Crippen LogP contribution in [-0.4, -0.2) is 45.2 Å². The molecule has 1 saturated heterocycles. The minimum absolute atomic E-state index is 0.252. The van der Waals surface area contributed by atoms with Crippen LogP contribution in [-0.2, 0) is 6.54 Å². The van der Waals surface area contributed by atoms with Gasteiger partial charge in [0.1, 0.15) is 5.82 Å². The van der Waals surface area contributed by atoms with Gasteiger partial charge in [0, 0.05) is 49.7 Å². The fourth-order valence-corrected chi connectivity index (χ4v) is 3.79. The predicted octanol–water partition coefficient (Wildman–Crippen LogP) is 2.19. The van der Waals surface area contributed by atoms with Gasteiger partial charge in [-0.2, -0.15) is 0 Å². The van der Waals surface area contributed by atoms with Crippen LogP contribution in [0.25, 0.3) is 0 Å². The van der Waals surface area contributed by atoms with Gasteiger partial charge in [0.2, 0.25) is 0 Å². The Labute approximate surface area is 122 Å². The number of hydrogen-bond acceptors (Lipinski definition) is 3. The van der Waals surface area contributed by atoms with Gasteiger partial charge in [0.15, 0.2) is 0 Å². The first-order valence-electron chi connectivity index (χ1n) is 7.99. The van der Waals surface area contributed by atoms with E-state index in [-0.39, 0.29) is 5.54 Å². The van der Waals surface area contributed by atoms with E-state index in [1.807, 2.05) is 6.20 Å². The lowest BCUT2D eigenvalue weighted by Crippen LogP contribution is -2.67. The number of aromatic nitrogens is 2. The molecule has 4 heteroatoms. The van der Waals surface area contributed by atoms with Gasteiger partial charge in [-0.25, -0.2) is 4.98 Å². The summed E-state index contributed by atoms with van der Waals surface area (Å²) in [7, 11) is 0. The lowest BCUT2D eigenvalue weighted by molar-refractivity contribution is 0.0257. The molecule has 112 valence electrons. The molecule has 2 aliphatic rings. The smallest absolute Gasteiger partial charge is 0.105 e. The number of nitrogens with zero attached hydrogens (tertiary/aromatic N) is 3. The Morgan fingerprint density at radius 1 is 1.25 bits per heavy atom. The highest BCUT2D eigenvalue weighted by molar-refractivity contribution is 5.04. The highest BCUT2D eigenvalue weighted by Crippen LogP contribution is 2.35. The van der Waals surface area contributed by atoms with E-state index in [0.717, 1.165) is 25.5 Å². The van der Waals surface area contributed by atoms with Crippen molar-refractivity contribution in [2.75, 3.05) is 19.6 Å². The summed E-state index contributed by atoms with van der Waals surface area (Å²) in [5, 5.41) is 3.86. The Bertz CT molecular complexity index is 457. The van der Waals surface area contributed by atoms with Gasteiger partial charge in [-0.3, -0.25) is 4.90 Å². The Kier molecular flexibility index (Phi) is 3.63. The zero-order valence-corrected chi connectivity index (χ0v) is 13.2. The summed E-state index contributed by atoms with van der Waals surface area (Å²) in [5.74, 6) is 1.12. The van der Waals surface area contributed by atoms with Crippen LogP contribution in [0.2, 0.25) is 0 Å². The average Bonchev–Trinajstić information content (AvgIpc) is 3.01. The van der Waals surface area contributed by atoms with Gasteiger partial charge < -0.3 is 9.88 Å². The van der Waals surface area contributed by atoms with Crippen molar-refractivity contribution < 1.29 is 0 Å². The second-order valence-electron chi connectivity index (χ2n) is 7.24. The molecular formula is C16H28N4. The van der Waals surface area contributed by atoms with Crippen molar-refractivity contribution in [2.45, 2.75) is 64.1 Å². The van der Waals surface area contributed by atoms with Crippen molar-refractivity contribution in [3.05, 3.63) is 18.2 Å². The third-order valence-corrected chi connectivity index (χ3v) is 5.34. The number of hydrogen-bond donors (Lipinski definition) is 1. The molecule has 1 N–H and O–H groups in total. The van der Waals surface area contributed by atoms with Crippen LogP contribution >= 0.6 is 0 Å². The van der Waals surface area contributed by atoms with Gasteiger partial charge in [-0.05, 0) is 33.6 Å². The molecule has 1 aliphatic carbocycles. The topological polar surface area (TPSA) is 33.1 Å². The molecule has 1 spiro atoms. The van der Waals surface area contributed by atoms with E-state index in [0.29, 0.717) is 5.54 Å². The molecule has 1 aromatic rings. The van der Waals surface area contributed by atoms with Gasteiger partial charge in [-0.15, -0.1) is 0 Å². The molecule has 0 bridgehead atoms. The first kappa shape index (κ1) is 14.1. The standard InChI is InChI=1S/C16H28N4/c1-14-17-8-9-19(14)10-11-20-13-16(6-4-5-7-16)18-12-15(20,2)3/h8-9,18H,4-7,10-13H2,1-3H3. The molecule has 1 aliphatic heterocycles. The zero-order valence-electron chi connectivity index (χ0n) is 13.2. The Balaban J connectivity index is 1.67. The molecule has 2 heterocycles. The van der Waals surface area contributed by atoms with Crippen molar-refractivity contribution in [3.8, 4) is 0 Å². The van der Waals surface area contributed by atoms with Crippen LogP contribution in [0.4, 0.5) is 0 Å². The van der Waals surface area contributed by atoms with Gasteiger partial charge >= 0.3 is 0 Å². The minimum Gasteiger partial charge on any atom is -0.334 e. The summed E-state index contributed by atoms with van der Waals surface area (Å²) < 4.78 is 2.26. The van der Waals surface area contributed by atoms with Crippen LogP contribution in [0.3, 0.4) is 0 Å². The van der Waals surface area contributed by atoms with Gasteiger partial charge in [0.05, 0.1) is 0 Å².